The topological polar surface area (TPSA) is 18.5 Å². The molecule has 0 amide bonds. The molecule has 2 nitrogen and oxygen atoms in total. The molecule has 0 saturated heterocycles. The average molecular weight is 409 g/mol. The molecule has 29 heavy (non-hydrogen) atoms. The van der Waals surface area contributed by atoms with Crippen molar-refractivity contribution in [3.05, 3.63) is 58.2 Å². The van der Waals surface area contributed by atoms with Crippen LogP contribution in [-0.2, 0) is 0 Å². The number of aryl methyl sites for hydroxylation is 4. The van der Waals surface area contributed by atoms with E-state index >= 15 is 0 Å². The lowest BCUT2D eigenvalue weighted by Crippen LogP contribution is -2.24. The zero-order chi connectivity index (χ0) is 22.7. The summed E-state index contributed by atoms with van der Waals surface area (Å²) in [6.07, 6.45) is 0.463. The maximum absolute atomic E-state index is 13.4. The van der Waals surface area contributed by atoms with Crippen molar-refractivity contribution in [2.24, 2.45) is 0 Å². The van der Waals surface area contributed by atoms with E-state index in [4.69, 9.17) is 9.47 Å². The second kappa shape index (κ2) is 13.2. The average Bonchev–Trinajstić information content (AvgIpc) is 2.64. The van der Waals surface area contributed by atoms with Crippen LogP contribution in [0.15, 0.2) is 24.3 Å². The monoisotopic (exact) mass is 408 g/mol. The minimum atomic E-state index is -0.256. The molecule has 2 unspecified atom stereocenters. The Balaban J connectivity index is 0.00000184. The van der Waals surface area contributed by atoms with Gasteiger partial charge in [-0.1, -0.05) is 27.7 Å². The summed E-state index contributed by atoms with van der Waals surface area (Å²) in [4.78, 5) is 0. The van der Waals surface area contributed by atoms with Gasteiger partial charge in [-0.2, -0.15) is 0 Å². The van der Waals surface area contributed by atoms with Crippen LogP contribution >= 0.6 is 0 Å². The van der Waals surface area contributed by atoms with E-state index in [9.17, 15) is 8.78 Å². The minimum absolute atomic E-state index is 0.0982. The number of ether oxygens (including phenoxy) is 2. The van der Waals surface area contributed by atoms with Gasteiger partial charge in [0, 0.05) is 6.42 Å². The molecule has 4 heteroatoms. The van der Waals surface area contributed by atoms with E-state index < -0.39 is 0 Å². The van der Waals surface area contributed by atoms with E-state index in [-0.39, 0.29) is 23.8 Å². The Bertz CT molecular complexity index is 647. The molecule has 0 spiro atoms. The van der Waals surface area contributed by atoms with Gasteiger partial charge in [0.2, 0.25) is 0 Å². The Morgan fingerprint density at radius 2 is 0.862 bits per heavy atom. The minimum Gasteiger partial charge on any atom is -0.490 e. The van der Waals surface area contributed by atoms with Crippen molar-refractivity contribution in [1.29, 1.82) is 0 Å². The van der Waals surface area contributed by atoms with Gasteiger partial charge in [-0.15, -0.1) is 0 Å². The van der Waals surface area contributed by atoms with Gasteiger partial charge >= 0.3 is 0 Å². The largest absolute Gasteiger partial charge is 0.490 e. The third kappa shape index (κ3) is 8.43. The van der Waals surface area contributed by atoms with Crippen molar-refractivity contribution < 1.29 is 18.3 Å². The SMILES string of the molecule is CC.CC.Cc1cc(F)cc(C)c1OC(C)CC(C)Oc1c(C)cc(F)cc1C. The van der Waals surface area contributed by atoms with Crippen LogP contribution in [0, 0.1) is 39.3 Å². The normalized spacial score (nSPS) is 12.0. The first-order valence-corrected chi connectivity index (χ1v) is 10.5. The molecule has 0 aliphatic heterocycles. The first kappa shape index (κ1) is 26.9. The summed E-state index contributed by atoms with van der Waals surface area (Å²) in [7, 11) is 0. The number of benzene rings is 2. The highest BCUT2D eigenvalue weighted by molar-refractivity contribution is 5.41. The maximum Gasteiger partial charge on any atom is 0.125 e. The fourth-order valence-corrected chi connectivity index (χ4v) is 3.13. The van der Waals surface area contributed by atoms with E-state index in [1.165, 1.54) is 24.3 Å². The fraction of sp³-hybridized carbons (Fsp3) is 0.520. The highest BCUT2D eigenvalue weighted by Crippen LogP contribution is 2.28. The lowest BCUT2D eigenvalue weighted by atomic mass is 10.1. The lowest BCUT2D eigenvalue weighted by Gasteiger charge is -2.23. The molecule has 0 heterocycles. The smallest absolute Gasteiger partial charge is 0.125 e. The predicted octanol–water partition coefficient (Wildman–Crippen LogP) is 7.88. The molecule has 2 atom stereocenters. The van der Waals surface area contributed by atoms with Crippen molar-refractivity contribution >= 4 is 0 Å². The van der Waals surface area contributed by atoms with E-state index in [0.717, 1.165) is 33.8 Å². The van der Waals surface area contributed by atoms with Crippen molar-refractivity contribution in [3.63, 3.8) is 0 Å². The Labute approximate surface area is 176 Å². The third-order valence-corrected chi connectivity index (χ3v) is 4.15. The maximum atomic E-state index is 13.4. The molecule has 0 saturated carbocycles. The van der Waals surface area contributed by atoms with Gasteiger partial charge < -0.3 is 9.47 Å². The van der Waals surface area contributed by atoms with Crippen LogP contribution in [0.25, 0.3) is 0 Å². The fourth-order valence-electron chi connectivity index (χ4n) is 3.13. The van der Waals surface area contributed by atoms with Gasteiger partial charge in [0.05, 0.1) is 12.2 Å². The Morgan fingerprint density at radius 1 is 0.621 bits per heavy atom. The first-order valence-electron chi connectivity index (χ1n) is 10.5. The molecule has 0 bridgehead atoms. The van der Waals surface area contributed by atoms with Crippen LogP contribution in [0.1, 0.15) is 70.2 Å². The van der Waals surface area contributed by atoms with Gasteiger partial charge in [-0.3, -0.25) is 0 Å². The third-order valence-electron chi connectivity index (χ3n) is 4.15. The lowest BCUT2D eigenvalue weighted by molar-refractivity contribution is 0.128. The highest BCUT2D eigenvalue weighted by atomic mass is 19.1. The molecule has 2 rings (SSSR count). The molecule has 2 aromatic rings. The Kier molecular flexibility index (Phi) is 12.2. The van der Waals surface area contributed by atoms with E-state index in [1.807, 2.05) is 69.2 Å². The van der Waals surface area contributed by atoms with Gasteiger partial charge in [0.15, 0.2) is 0 Å². The quantitative estimate of drug-likeness (QED) is 0.484. The Morgan fingerprint density at radius 3 is 1.10 bits per heavy atom. The second-order valence-corrected chi connectivity index (χ2v) is 6.83. The van der Waals surface area contributed by atoms with Crippen LogP contribution < -0.4 is 9.47 Å². The van der Waals surface area contributed by atoms with Crippen LogP contribution in [-0.4, -0.2) is 12.2 Å². The van der Waals surface area contributed by atoms with Gasteiger partial charge in [0.25, 0.3) is 0 Å². The van der Waals surface area contributed by atoms with Gasteiger partial charge in [-0.25, -0.2) is 8.78 Å². The summed E-state index contributed by atoms with van der Waals surface area (Å²) in [6, 6.07) is 5.89. The summed E-state index contributed by atoms with van der Waals surface area (Å²) in [6.45, 7) is 19.3. The molecular weight excluding hydrogens is 370 g/mol. The molecule has 0 radical (unpaired) electrons. The van der Waals surface area contributed by atoms with Crippen molar-refractivity contribution in [2.75, 3.05) is 0 Å². The number of hydrogen-bond donors (Lipinski definition) is 0. The number of halogens is 2. The van der Waals surface area contributed by atoms with Crippen LogP contribution in [0.3, 0.4) is 0 Å². The van der Waals surface area contributed by atoms with Gasteiger partial charge in [0.1, 0.15) is 23.1 Å². The molecule has 0 aliphatic rings. The second-order valence-electron chi connectivity index (χ2n) is 6.83. The number of rotatable bonds is 6. The van der Waals surface area contributed by atoms with Crippen molar-refractivity contribution in [1.82, 2.24) is 0 Å². The van der Waals surface area contributed by atoms with Crippen LogP contribution in [0.2, 0.25) is 0 Å². The van der Waals surface area contributed by atoms with Crippen LogP contribution in [0.5, 0.6) is 11.5 Å². The molecule has 0 N–H and O–H groups in total. The van der Waals surface area contributed by atoms with E-state index in [2.05, 4.69) is 0 Å². The molecule has 2 aromatic carbocycles. The van der Waals surface area contributed by atoms with Crippen molar-refractivity contribution in [2.45, 2.75) is 87.9 Å². The summed E-state index contributed by atoms with van der Waals surface area (Å²) in [5, 5.41) is 0. The number of hydrogen-bond acceptors (Lipinski definition) is 2. The zero-order valence-corrected chi connectivity index (χ0v) is 19.7. The van der Waals surface area contributed by atoms with E-state index in [0.29, 0.717) is 6.42 Å². The standard InChI is InChI=1S/C21H26F2O2.2C2H6/c1-12-7-18(22)8-13(2)20(12)24-16(5)11-17(6)25-21-14(3)9-19(23)10-15(21)4;2*1-2/h7-10,16-17H,11H2,1-6H3;2*1-2H3. The summed E-state index contributed by atoms with van der Waals surface area (Å²) in [5.74, 6) is 0.924. The highest BCUT2D eigenvalue weighted by Gasteiger charge is 2.16. The molecule has 164 valence electrons. The predicted molar refractivity (Wildman–Crippen MR) is 119 cm³/mol. The summed E-state index contributed by atoms with van der Waals surface area (Å²) >= 11 is 0. The van der Waals surface area contributed by atoms with E-state index in [1.54, 1.807) is 0 Å². The molecule has 0 aromatic heterocycles. The zero-order valence-electron chi connectivity index (χ0n) is 19.7. The summed E-state index contributed by atoms with van der Waals surface area (Å²) < 4.78 is 38.8. The molecule has 0 fully saturated rings. The first-order chi connectivity index (χ1) is 13.7. The Hall–Kier alpha value is -2.10. The summed E-state index contributed by atoms with van der Waals surface area (Å²) in [5.41, 5.74) is 3.12. The molecule has 0 aliphatic carbocycles. The van der Waals surface area contributed by atoms with Crippen molar-refractivity contribution in [3.8, 4) is 11.5 Å². The van der Waals surface area contributed by atoms with Gasteiger partial charge in [-0.05, 0) is 88.1 Å². The molecular formula is C25H38F2O2. The van der Waals surface area contributed by atoms with Crippen LogP contribution in [0.4, 0.5) is 8.78 Å².